The Balaban J connectivity index is 2.33. The molecule has 3 rings (SSSR count). The van der Waals surface area contributed by atoms with E-state index in [0.29, 0.717) is 11.2 Å². The molecule has 1 aromatic carbocycles. The van der Waals surface area contributed by atoms with E-state index in [9.17, 15) is 4.39 Å². The van der Waals surface area contributed by atoms with Gasteiger partial charge in [-0.1, -0.05) is 17.7 Å². The molecular formula is C13H7BrClFN2S. The number of hydrogen-bond acceptors (Lipinski definition) is 3. The van der Waals surface area contributed by atoms with Gasteiger partial charge in [-0.15, -0.1) is 11.3 Å². The van der Waals surface area contributed by atoms with Crippen molar-refractivity contribution < 1.29 is 4.39 Å². The molecule has 0 aliphatic heterocycles. The van der Waals surface area contributed by atoms with Crippen molar-refractivity contribution in [2.45, 2.75) is 6.92 Å². The highest BCUT2D eigenvalue weighted by molar-refractivity contribution is 9.11. The van der Waals surface area contributed by atoms with Crippen LogP contribution in [-0.2, 0) is 0 Å². The lowest BCUT2D eigenvalue weighted by Gasteiger charge is -2.06. The van der Waals surface area contributed by atoms with Crippen molar-refractivity contribution in [3.8, 4) is 11.4 Å². The number of rotatable bonds is 1. The summed E-state index contributed by atoms with van der Waals surface area (Å²) in [7, 11) is 0. The number of benzene rings is 1. The van der Waals surface area contributed by atoms with Crippen LogP contribution >= 0.6 is 38.9 Å². The van der Waals surface area contributed by atoms with Crippen molar-refractivity contribution in [2.75, 3.05) is 0 Å². The van der Waals surface area contributed by atoms with Crippen LogP contribution in [0.5, 0.6) is 0 Å². The van der Waals surface area contributed by atoms with E-state index in [1.54, 1.807) is 6.07 Å². The predicted molar refractivity (Wildman–Crippen MR) is 80.3 cm³/mol. The minimum atomic E-state index is -0.388. The largest absolute Gasteiger partial charge is 0.225 e. The topological polar surface area (TPSA) is 25.8 Å². The normalized spacial score (nSPS) is 11.2. The van der Waals surface area contributed by atoms with Gasteiger partial charge < -0.3 is 0 Å². The Bertz CT molecular complexity index is 788. The van der Waals surface area contributed by atoms with Crippen LogP contribution in [0, 0.1) is 12.7 Å². The maximum Gasteiger partial charge on any atom is 0.162 e. The van der Waals surface area contributed by atoms with Crippen LogP contribution < -0.4 is 0 Å². The lowest BCUT2D eigenvalue weighted by atomic mass is 10.1. The first-order valence-corrected chi connectivity index (χ1v) is 7.48. The average Bonchev–Trinajstić information content (AvgIpc) is 2.80. The molecule has 0 N–H and O–H groups in total. The second kappa shape index (κ2) is 4.81. The van der Waals surface area contributed by atoms with Crippen molar-refractivity contribution in [3.05, 3.63) is 43.9 Å². The zero-order chi connectivity index (χ0) is 13.6. The summed E-state index contributed by atoms with van der Waals surface area (Å²) in [5.41, 5.74) is 1.94. The van der Waals surface area contributed by atoms with Crippen molar-refractivity contribution in [1.29, 1.82) is 0 Å². The van der Waals surface area contributed by atoms with Crippen LogP contribution in [0.4, 0.5) is 4.39 Å². The molecule has 0 saturated heterocycles. The van der Waals surface area contributed by atoms with Crippen LogP contribution in [-0.4, -0.2) is 9.97 Å². The van der Waals surface area contributed by atoms with Gasteiger partial charge in [0.1, 0.15) is 16.5 Å². The molecule has 0 atom stereocenters. The van der Waals surface area contributed by atoms with E-state index < -0.39 is 0 Å². The average molecular weight is 358 g/mol. The summed E-state index contributed by atoms with van der Waals surface area (Å²) < 4.78 is 14.9. The molecule has 3 aromatic rings. The number of hydrogen-bond donors (Lipinski definition) is 0. The SMILES string of the molecule is Cc1ccc(F)c2nc(-c3csc(Br)c3)nc(Cl)c12. The van der Waals surface area contributed by atoms with E-state index in [-0.39, 0.29) is 16.5 Å². The van der Waals surface area contributed by atoms with Crippen LogP contribution in [0.25, 0.3) is 22.3 Å². The van der Waals surface area contributed by atoms with E-state index in [0.717, 1.165) is 14.9 Å². The number of fused-ring (bicyclic) bond motifs is 1. The van der Waals surface area contributed by atoms with Crippen molar-refractivity contribution in [3.63, 3.8) is 0 Å². The zero-order valence-corrected chi connectivity index (χ0v) is 12.9. The third kappa shape index (κ3) is 2.26. The first-order chi connectivity index (χ1) is 9.06. The molecule has 96 valence electrons. The molecular weight excluding hydrogens is 351 g/mol. The van der Waals surface area contributed by atoms with Crippen molar-refractivity contribution >= 4 is 49.8 Å². The van der Waals surface area contributed by atoms with Crippen molar-refractivity contribution in [2.24, 2.45) is 0 Å². The van der Waals surface area contributed by atoms with Crippen molar-refractivity contribution in [1.82, 2.24) is 9.97 Å². The second-order valence-corrected chi connectivity index (χ2v) is 6.71. The summed E-state index contributed by atoms with van der Waals surface area (Å²) in [5.74, 6) is 0.0457. The second-order valence-electron chi connectivity index (χ2n) is 4.07. The molecule has 2 aromatic heterocycles. The van der Waals surface area contributed by atoms with Gasteiger partial charge in [0.25, 0.3) is 0 Å². The fraction of sp³-hybridized carbons (Fsp3) is 0.0769. The van der Waals surface area contributed by atoms with Crippen LogP contribution in [0.2, 0.25) is 5.15 Å². The van der Waals surface area contributed by atoms with Gasteiger partial charge in [-0.3, -0.25) is 0 Å². The highest BCUT2D eigenvalue weighted by Crippen LogP contribution is 2.31. The molecule has 0 saturated carbocycles. The Morgan fingerprint density at radius 1 is 1.32 bits per heavy atom. The fourth-order valence-electron chi connectivity index (χ4n) is 1.87. The third-order valence-electron chi connectivity index (χ3n) is 2.79. The minimum absolute atomic E-state index is 0.261. The van der Waals surface area contributed by atoms with Crippen LogP contribution in [0.3, 0.4) is 0 Å². The van der Waals surface area contributed by atoms with Gasteiger partial charge in [0.15, 0.2) is 5.82 Å². The Kier molecular flexibility index (Phi) is 3.28. The molecule has 19 heavy (non-hydrogen) atoms. The predicted octanol–water partition coefficient (Wildman–Crippen LogP) is 5.22. The van der Waals surface area contributed by atoms with Gasteiger partial charge >= 0.3 is 0 Å². The zero-order valence-electron chi connectivity index (χ0n) is 9.75. The van der Waals surface area contributed by atoms with Gasteiger partial charge in [-0.25, -0.2) is 14.4 Å². The molecule has 2 nitrogen and oxygen atoms in total. The highest BCUT2D eigenvalue weighted by Gasteiger charge is 2.14. The molecule has 0 unspecified atom stereocenters. The summed E-state index contributed by atoms with van der Waals surface area (Å²) in [6.45, 7) is 1.86. The van der Waals surface area contributed by atoms with Crippen LogP contribution in [0.1, 0.15) is 5.56 Å². The van der Waals surface area contributed by atoms with Gasteiger partial charge in [0.05, 0.1) is 3.79 Å². The number of thiophene rings is 1. The van der Waals surface area contributed by atoms with Gasteiger partial charge in [-0.2, -0.15) is 0 Å². The molecule has 0 radical (unpaired) electrons. The van der Waals surface area contributed by atoms with E-state index >= 15 is 0 Å². The molecule has 0 fully saturated rings. The molecule has 2 heterocycles. The van der Waals surface area contributed by atoms with Gasteiger partial charge in [-0.05, 0) is 40.5 Å². The number of aryl methyl sites for hydroxylation is 1. The first kappa shape index (κ1) is 13.0. The van der Waals surface area contributed by atoms with Gasteiger partial charge in [0.2, 0.25) is 0 Å². The molecule has 0 spiro atoms. The minimum Gasteiger partial charge on any atom is -0.225 e. The maximum atomic E-state index is 13.9. The number of halogens is 3. The van der Waals surface area contributed by atoms with Gasteiger partial charge in [0, 0.05) is 16.3 Å². The number of aromatic nitrogens is 2. The third-order valence-corrected chi connectivity index (χ3v) is 4.57. The summed E-state index contributed by atoms with van der Waals surface area (Å²) in [6.07, 6.45) is 0. The molecule has 0 aliphatic rings. The Labute approximate surface area is 126 Å². The molecule has 0 amide bonds. The molecule has 0 bridgehead atoms. The number of nitrogens with zero attached hydrogens (tertiary/aromatic N) is 2. The smallest absolute Gasteiger partial charge is 0.162 e. The molecule has 0 aliphatic carbocycles. The fourth-order valence-corrected chi connectivity index (χ4v) is 3.33. The Morgan fingerprint density at radius 3 is 2.79 bits per heavy atom. The highest BCUT2D eigenvalue weighted by atomic mass is 79.9. The standard InChI is InChI=1S/C13H7BrClFN2S/c1-6-2-3-8(16)11-10(6)12(15)18-13(17-11)7-4-9(14)19-5-7/h2-5H,1H3. The summed E-state index contributed by atoms with van der Waals surface area (Å²) >= 11 is 11.1. The quantitative estimate of drug-likeness (QED) is 0.558. The summed E-state index contributed by atoms with van der Waals surface area (Å²) in [6, 6.07) is 4.96. The Morgan fingerprint density at radius 2 is 2.11 bits per heavy atom. The van der Waals surface area contributed by atoms with E-state index in [2.05, 4.69) is 25.9 Å². The first-order valence-electron chi connectivity index (χ1n) is 5.43. The van der Waals surface area contributed by atoms with Crippen LogP contribution in [0.15, 0.2) is 27.4 Å². The van der Waals surface area contributed by atoms with E-state index in [4.69, 9.17) is 11.6 Å². The van der Waals surface area contributed by atoms with E-state index in [1.165, 1.54) is 17.4 Å². The Hall–Kier alpha value is -1.04. The van der Waals surface area contributed by atoms with E-state index in [1.807, 2.05) is 18.4 Å². The lowest BCUT2D eigenvalue weighted by molar-refractivity contribution is 0.636. The maximum absolute atomic E-state index is 13.9. The molecule has 6 heteroatoms. The monoisotopic (exact) mass is 356 g/mol. The summed E-state index contributed by atoms with van der Waals surface area (Å²) in [4.78, 5) is 8.56. The lowest BCUT2D eigenvalue weighted by Crippen LogP contribution is -1.95. The summed E-state index contributed by atoms with van der Waals surface area (Å²) in [5, 5.41) is 2.74.